The van der Waals surface area contributed by atoms with Crippen LogP contribution in [0.15, 0.2) is 28.5 Å². The lowest BCUT2D eigenvalue weighted by Gasteiger charge is -2.16. The number of nitrogens with one attached hydrogen (secondary N) is 1. The fourth-order valence-electron chi connectivity index (χ4n) is 1.85. The molecular formula is C14H17NO5S2. The number of rotatable bonds is 6. The molecule has 2 aromatic rings. The van der Waals surface area contributed by atoms with Gasteiger partial charge in [-0.15, -0.1) is 11.3 Å². The Morgan fingerprint density at radius 1 is 1.00 bits per heavy atom. The number of benzene rings is 1. The number of sulfonamides is 1. The molecule has 0 aliphatic rings. The van der Waals surface area contributed by atoms with Crippen LogP contribution in [0.1, 0.15) is 4.88 Å². The zero-order chi connectivity index (χ0) is 16.3. The van der Waals surface area contributed by atoms with Crippen LogP contribution in [-0.4, -0.2) is 29.7 Å². The predicted molar refractivity (Wildman–Crippen MR) is 86.0 cm³/mol. The van der Waals surface area contributed by atoms with Crippen molar-refractivity contribution in [3.63, 3.8) is 0 Å². The molecule has 120 valence electrons. The molecule has 1 heterocycles. The summed E-state index contributed by atoms with van der Waals surface area (Å²) in [5, 5.41) is 0. The van der Waals surface area contributed by atoms with E-state index in [1.165, 1.54) is 32.7 Å². The van der Waals surface area contributed by atoms with Crippen LogP contribution >= 0.6 is 11.3 Å². The van der Waals surface area contributed by atoms with E-state index in [-0.39, 0.29) is 9.90 Å². The first-order valence-corrected chi connectivity index (χ1v) is 8.60. The Labute approximate surface area is 133 Å². The van der Waals surface area contributed by atoms with Crippen molar-refractivity contribution in [2.45, 2.75) is 11.1 Å². The highest BCUT2D eigenvalue weighted by atomic mass is 32.2. The number of ether oxygens (including phenoxy) is 3. The van der Waals surface area contributed by atoms with Crippen LogP contribution in [0.4, 0.5) is 5.69 Å². The van der Waals surface area contributed by atoms with E-state index in [1.807, 2.05) is 6.92 Å². The SMILES string of the molecule is COc1cc(OC)c(NS(=O)(=O)c2ccc(C)s2)c(OC)c1. The fourth-order valence-corrected chi connectivity index (χ4v) is 4.21. The van der Waals surface area contributed by atoms with Gasteiger partial charge < -0.3 is 14.2 Å². The second kappa shape index (κ2) is 6.45. The molecule has 0 bridgehead atoms. The molecule has 0 saturated heterocycles. The minimum absolute atomic E-state index is 0.227. The molecular weight excluding hydrogens is 326 g/mol. The summed E-state index contributed by atoms with van der Waals surface area (Å²) in [4.78, 5) is 0.911. The summed E-state index contributed by atoms with van der Waals surface area (Å²) in [7, 11) is 0.688. The Morgan fingerprint density at radius 3 is 2.00 bits per heavy atom. The summed E-state index contributed by atoms with van der Waals surface area (Å²) >= 11 is 1.19. The molecule has 1 aromatic carbocycles. The first-order chi connectivity index (χ1) is 10.4. The molecule has 1 aromatic heterocycles. The molecule has 0 atom stereocenters. The topological polar surface area (TPSA) is 73.9 Å². The number of methoxy groups -OCH3 is 3. The van der Waals surface area contributed by atoms with Crippen molar-refractivity contribution in [2.24, 2.45) is 0 Å². The van der Waals surface area contributed by atoms with E-state index in [9.17, 15) is 8.42 Å². The van der Waals surface area contributed by atoms with E-state index in [4.69, 9.17) is 14.2 Å². The Kier molecular flexibility index (Phi) is 4.82. The Balaban J connectivity index is 2.48. The highest BCUT2D eigenvalue weighted by molar-refractivity contribution is 7.94. The lowest BCUT2D eigenvalue weighted by molar-refractivity contribution is 0.378. The Morgan fingerprint density at radius 2 is 1.59 bits per heavy atom. The van der Waals surface area contributed by atoms with Crippen LogP contribution in [-0.2, 0) is 10.0 Å². The normalized spacial score (nSPS) is 11.1. The highest BCUT2D eigenvalue weighted by Gasteiger charge is 2.22. The van der Waals surface area contributed by atoms with Gasteiger partial charge >= 0.3 is 0 Å². The molecule has 1 N–H and O–H groups in total. The zero-order valence-corrected chi connectivity index (χ0v) is 14.3. The van der Waals surface area contributed by atoms with Gasteiger partial charge in [-0.3, -0.25) is 4.72 Å². The van der Waals surface area contributed by atoms with Crippen molar-refractivity contribution in [1.82, 2.24) is 0 Å². The molecule has 8 heteroatoms. The Bertz CT molecular complexity index is 742. The molecule has 6 nitrogen and oxygen atoms in total. The lowest BCUT2D eigenvalue weighted by Crippen LogP contribution is -2.13. The molecule has 22 heavy (non-hydrogen) atoms. The summed E-state index contributed by atoms with van der Waals surface area (Å²) < 4.78 is 43.3. The summed E-state index contributed by atoms with van der Waals surface area (Å²) in [6, 6.07) is 6.48. The van der Waals surface area contributed by atoms with Gasteiger partial charge in [0.25, 0.3) is 10.0 Å². The third-order valence-corrected chi connectivity index (χ3v) is 5.77. The first kappa shape index (κ1) is 16.4. The third-order valence-electron chi connectivity index (χ3n) is 2.93. The number of anilines is 1. The molecule has 0 amide bonds. The van der Waals surface area contributed by atoms with Gasteiger partial charge in [0.1, 0.15) is 27.1 Å². The highest BCUT2D eigenvalue weighted by Crippen LogP contribution is 2.40. The summed E-state index contributed by atoms with van der Waals surface area (Å²) in [5.74, 6) is 1.13. The van der Waals surface area contributed by atoms with Crippen LogP contribution in [0.5, 0.6) is 17.2 Å². The minimum Gasteiger partial charge on any atom is -0.496 e. The monoisotopic (exact) mass is 343 g/mol. The maximum atomic E-state index is 12.5. The largest absolute Gasteiger partial charge is 0.496 e. The Hall–Kier alpha value is -1.93. The van der Waals surface area contributed by atoms with Crippen molar-refractivity contribution in [3.8, 4) is 17.2 Å². The fraction of sp³-hybridized carbons (Fsp3) is 0.286. The smallest absolute Gasteiger partial charge is 0.271 e. The summed E-state index contributed by atoms with van der Waals surface area (Å²) in [5.41, 5.74) is 0.233. The van der Waals surface area contributed by atoms with Gasteiger partial charge in [-0.2, -0.15) is 0 Å². The average molecular weight is 343 g/mol. The second-order valence-corrected chi connectivity index (χ2v) is 7.57. The van der Waals surface area contributed by atoms with Gasteiger partial charge in [0.15, 0.2) is 0 Å². The van der Waals surface area contributed by atoms with Crippen molar-refractivity contribution >= 4 is 27.0 Å². The van der Waals surface area contributed by atoms with Crippen LogP contribution < -0.4 is 18.9 Å². The average Bonchev–Trinajstić information content (AvgIpc) is 2.94. The van der Waals surface area contributed by atoms with Crippen molar-refractivity contribution in [1.29, 1.82) is 0 Å². The molecule has 0 unspecified atom stereocenters. The molecule has 0 aliphatic heterocycles. The number of aryl methyl sites for hydroxylation is 1. The van der Waals surface area contributed by atoms with Gasteiger partial charge in [0, 0.05) is 17.0 Å². The maximum absolute atomic E-state index is 12.5. The van der Waals surface area contributed by atoms with Gasteiger partial charge in [0.2, 0.25) is 0 Å². The van der Waals surface area contributed by atoms with Gasteiger partial charge in [-0.25, -0.2) is 8.42 Å². The predicted octanol–water partition coefficient (Wildman–Crippen LogP) is 2.88. The molecule has 0 fully saturated rings. The van der Waals surface area contributed by atoms with Crippen LogP contribution in [0.25, 0.3) is 0 Å². The standard InChI is InChI=1S/C14H17NO5S2/c1-9-5-6-13(21-9)22(16,17)15-14-11(19-3)7-10(18-2)8-12(14)20-4/h5-8,15H,1-4H3. The number of thiophene rings is 1. The van der Waals surface area contributed by atoms with Gasteiger partial charge in [0.05, 0.1) is 21.3 Å². The van der Waals surface area contributed by atoms with E-state index < -0.39 is 10.0 Å². The van der Waals surface area contributed by atoms with E-state index in [0.717, 1.165) is 4.88 Å². The third kappa shape index (κ3) is 3.28. The minimum atomic E-state index is -3.71. The first-order valence-electron chi connectivity index (χ1n) is 6.30. The van der Waals surface area contributed by atoms with Crippen LogP contribution in [0.2, 0.25) is 0 Å². The van der Waals surface area contributed by atoms with Crippen molar-refractivity contribution in [2.75, 3.05) is 26.1 Å². The van der Waals surface area contributed by atoms with Crippen molar-refractivity contribution < 1.29 is 22.6 Å². The summed E-state index contributed by atoms with van der Waals surface area (Å²) in [6.45, 7) is 1.85. The molecule has 0 radical (unpaired) electrons. The van der Waals surface area contributed by atoms with E-state index >= 15 is 0 Å². The number of hydrogen-bond donors (Lipinski definition) is 1. The number of hydrogen-bond acceptors (Lipinski definition) is 6. The summed E-state index contributed by atoms with van der Waals surface area (Å²) in [6.07, 6.45) is 0. The van der Waals surface area contributed by atoms with Crippen LogP contribution in [0.3, 0.4) is 0 Å². The maximum Gasteiger partial charge on any atom is 0.271 e. The lowest BCUT2D eigenvalue weighted by atomic mass is 10.2. The molecule has 0 spiro atoms. The quantitative estimate of drug-likeness (QED) is 0.873. The van der Waals surface area contributed by atoms with Gasteiger partial charge in [-0.1, -0.05) is 0 Å². The zero-order valence-electron chi connectivity index (χ0n) is 12.7. The molecule has 0 saturated carbocycles. The van der Waals surface area contributed by atoms with Gasteiger partial charge in [-0.05, 0) is 19.1 Å². The van der Waals surface area contributed by atoms with E-state index in [2.05, 4.69) is 4.72 Å². The van der Waals surface area contributed by atoms with E-state index in [0.29, 0.717) is 17.2 Å². The van der Waals surface area contributed by atoms with Crippen LogP contribution in [0, 0.1) is 6.92 Å². The molecule has 0 aliphatic carbocycles. The molecule has 2 rings (SSSR count). The van der Waals surface area contributed by atoms with E-state index in [1.54, 1.807) is 24.3 Å². The van der Waals surface area contributed by atoms with Crippen molar-refractivity contribution in [3.05, 3.63) is 29.1 Å². The second-order valence-electron chi connectivity index (χ2n) is 4.38.